The summed E-state index contributed by atoms with van der Waals surface area (Å²) in [6.45, 7) is 5.53. The molecule has 0 saturated heterocycles. The fourth-order valence-corrected chi connectivity index (χ4v) is 4.76. The standard InChI is InChI=1S/C33H31NO5/c1-3-37-27-15-11-26(12-16-27)33-23(2)30-19-29(38-21-25-7-5-4-6-8-25)17-18-31(30)34(33)20-24-9-13-28(14-10-24)39-22-32(35)36/h4-19H,3,20-22H2,1-2H3,(H,35,36). The van der Waals surface area contributed by atoms with Crippen molar-refractivity contribution >= 4 is 16.9 Å². The molecule has 0 aliphatic rings. The number of carbonyl (C=O) groups is 1. The van der Waals surface area contributed by atoms with E-state index in [0.717, 1.165) is 44.8 Å². The molecular formula is C33H31NO5. The number of aryl methyl sites for hydroxylation is 1. The van der Waals surface area contributed by atoms with Crippen LogP contribution in [0.2, 0.25) is 0 Å². The number of ether oxygens (including phenoxy) is 3. The molecule has 0 fully saturated rings. The predicted molar refractivity (Wildman–Crippen MR) is 153 cm³/mol. The van der Waals surface area contributed by atoms with Crippen LogP contribution in [0.25, 0.3) is 22.2 Å². The maximum absolute atomic E-state index is 10.8. The lowest BCUT2D eigenvalue weighted by molar-refractivity contribution is -0.139. The second-order valence-corrected chi connectivity index (χ2v) is 9.30. The fourth-order valence-electron chi connectivity index (χ4n) is 4.76. The highest BCUT2D eigenvalue weighted by Crippen LogP contribution is 2.36. The van der Waals surface area contributed by atoms with Gasteiger partial charge in [-0.1, -0.05) is 42.5 Å². The summed E-state index contributed by atoms with van der Waals surface area (Å²) >= 11 is 0. The summed E-state index contributed by atoms with van der Waals surface area (Å²) in [5.74, 6) is 1.20. The number of hydrogen-bond donors (Lipinski definition) is 1. The zero-order valence-electron chi connectivity index (χ0n) is 22.1. The number of benzene rings is 4. The minimum atomic E-state index is -1.000. The van der Waals surface area contributed by atoms with Crippen LogP contribution in [0.5, 0.6) is 17.2 Å². The average Bonchev–Trinajstić information content (AvgIpc) is 3.23. The van der Waals surface area contributed by atoms with Crippen LogP contribution in [0.1, 0.15) is 23.6 Å². The summed E-state index contributed by atoms with van der Waals surface area (Å²) in [6, 6.07) is 32.2. The van der Waals surface area contributed by atoms with Crippen molar-refractivity contribution in [3.63, 3.8) is 0 Å². The van der Waals surface area contributed by atoms with Crippen molar-refractivity contribution < 1.29 is 24.1 Å². The summed E-state index contributed by atoms with van der Waals surface area (Å²) in [4.78, 5) is 10.8. The van der Waals surface area contributed by atoms with E-state index in [2.05, 4.69) is 47.9 Å². The quantitative estimate of drug-likeness (QED) is 0.201. The van der Waals surface area contributed by atoms with Crippen LogP contribution in [0, 0.1) is 6.92 Å². The van der Waals surface area contributed by atoms with E-state index >= 15 is 0 Å². The van der Waals surface area contributed by atoms with Gasteiger partial charge in [0.15, 0.2) is 6.61 Å². The zero-order chi connectivity index (χ0) is 27.2. The maximum atomic E-state index is 10.8. The van der Waals surface area contributed by atoms with E-state index in [1.165, 1.54) is 5.56 Å². The van der Waals surface area contributed by atoms with Crippen LogP contribution in [-0.2, 0) is 17.9 Å². The third kappa shape index (κ3) is 6.07. The van der Waals surface area contributed by atoms with Gasteiger partial charge >= 0.3 is 5.97 Å². The number of aliphatic carboxylic acids is 1. The number of rotatable bonds is 11. The summed E-state index contributed by atoms with van der Waals surface area (Å²) in [7, 11) is 0. The van der Waals surface area contributed by atoms with Crippen LogP contribution < -0.4 is 14.2 Å². The highest BCUT2D eigenvalue weighted by molar-refractivity contribution is 5.92. The molecule has 0 saturated carbocycles. The molecule has 0 unspecified atom stereocenters. The topological polar surface area (TPSA) is 69.9 Å². The lowest BCUT2D eigenvalue weighted by atomic mass is 10.1. The first-order valence-electron chi connectivity index (χ1n) is 13.0. The van der Waals surface area contributed by atoms with Gasteiger partial charge in [-0.25, -0.2) is 4.79 Å². The molecule has 1 aromatic heterocycles. The highest BCUT2D eigenvalue weighted by Gasteiger charge is 2.17. The minimum Gasteiger partial charge on any atom is -0.494 e. The average molecular weight is 522 g/mol. The molecule has 5 aromatic rings. The Morgan fingerprint density at radius 3 is 2.13 bits per heavy atom. The lowest BCUT2D eigenvalue weighted by Gasteiger charge is -2.14. The normalized spacial score (nSPS) is 10.9. The molecule has 6 heteroatoms. The van der Waals surface area contributed by atoms with E-state index in [9.17, 15) is 4.79 Å². The van der Waals surface area contributed by atoms with Crippen molar-refractivity contribution in [2.24, 2.45) is 0 Å². The second kappa shape index (κ2) is 11.8. The van der Waals surface area contributed by atoms with E-state index in [1.54, 1.807) is 0 Å². The Kier molecular flexibility index (Phi) is 7.83. The smallest absolute Gasteiger partial charge is 0.341 e. The molecule has 0 bridgehead atoms. The Bertz CT molecular complexity index is 1550. The number of carboxylic acid groups (broad SMARTS) is 1. The Balaban J connectivity index is 1.50. The van der Waals surface area contributed by atoms with Crippen molar-refractivity contribution in [3.8, 4) is 28.5 Å². The molecule has 4 aromatic carbocycles. The highest BCUT2D eigenvalue weighted by atomic mass is 16.5. The van der Waals surface area contributed by atoms with Gasteiger partial charge in [0.25, 0.3) is 0 Å². The monoisotopic (exact) mass is 521 g/mol. The van der Waals surface area contributed by atoms with Crippen molar-refractivity contribution in [2.45, 2.75) is 27.0 Å². The molecule has 0 spiro atoms. The van der Waals surface area contributed by atoms with Gasteiger partial charge in [-0.05, 0) is 90.7 Å². The largest absolute Gasteiger partial charge is 0.494 e. The van der Waals surface area contributed by atoms with Gasteiger partial charge in [-0.3, -0.25) is 0 Å². The second-order valence-electron chi connectivity index (χ2n) is 9.30. The Labute approximate surface area is 228 Å². The van der Waals surface area contributed by atoms with Gasteiger partial charge in [0.1, 0.15) is 23.9 Å². The fraction of sp³-hybridized carbons (Fsp3) is 0.182. The predicted octanol–water partition coefficient (Wildman–Crippen LogP) is 7.11. The van der Waals surface area contributed by atoms with Crippen LogP contribution in [0.4, 0.5) is 0 Å². The number of hydrogen-bond acceptors (Lipinski definition) is 4. The number of aromatic nitrogens is 1. The first-order chi connectivity index (χ1) is 19.0. The van der Waals surface area contributed by atoms with E-state index in [1.807, 2.05) is 67.6 Å². The molecule has 0 radical (unpaired) electrons. The van der Waals surface area contributed by atoms with Gasteiger partial charge in [0, 0.05) is 17.4 Å². The van der Waals surface area contributed by atoms with Gasteiger partial charge in [-0.15, -0.1) is 0 Å². The Morgan fingerprint density at radius 1 is 0.769 bits per heavy atom. The summed E-state index contributed by atoms with van der Waals surface area (Å²) < 4.78 is 19.4. The van der Waals surface area contributed by atoms with Crippen molar-refractivity contribution in [1.29, 1.82) is 0 Å². The summed E-state index contributed by atoms with van der Waals surface area (Å²) in [5.41, 5.74) is 6.69. The lowest BCUT2D eigenvalue weighted by Crippen LogP contribution is -2.09. The van der Waals surface area contributed by atoms with Gasteiger partial charge < -0.3 is 23.9 Å². The molecule has 0 aliphatic carbocycles. The molecule has 1 N–H and O–H groups in total. The van der Waals surface area contributed by atoms with E-state index in [0.29, 0.717) is 25.5 Å². The molecular weight excluding hydrogens is 490 g/mol. The van der Waals surface area contributed by atoms with E-state index in [4.69, 9.17) is 19.3 Å². The number of nitrogens with zero attached hydrogens (tertiary/aromatic N) is 1. The van der Waals surface area contributed by atoms with Crippen molar-refractivity contribution in [1.82, 2.24) is 4.57 Å². The molecule has 39 heavy (non-hydrogen) atoms. The van der Waals surface area contributed by atoms with Crippen LogP contribution in [0.3, 0.4) is 0 Å². The maximum Gasteiger partial charge on any atom is 0.341 e. The first kappa shape index (κ1) is 25.9. The third-order valence-corrected chi connectivity index (χ3v) is 6.60. The number of fused-ring (bicyclic) bond motifs is 1. The molecule has 5 rings (SSSR count). The van der Waals surface area contributed by atoms with Crippen LogP contribution >= 0.6 is 0 Å². The first-order valence-corrected chi connectivity index (χ1v) is 13.0. The number of carboxylic acids is 1. The van der Waals surface area contributed by atoms with E-state index < -0.39 is 5.97 Å². The molecule has 1 heterocycles. The minimum absolute atomic E-state index is 0.364. The Hall–Kier alpha value is -4.71. The summed E-state index contributed by atoms with van der Waals surface area (Å²) in [5, 5.41) is 10.0. The van der Waals surface area contributed by atoms with Gasteiger partial charge in [-0.2, -0.15) is 0 Å². The van der Waals surface area contributed by atoms with Crippen LogP contribution in [-0.4, -0.2) is 28.9 Å². The van der Waals surface area contributed by atoms with E-state index in [-0.39, 0.29) is 6.61 Å². The third-order valence-electron chi connectivity index (χ3n) is 6.60. The zero-order valence-corrected chi connectivity index (χ0v) is 22.1. The van der Waals surface area contributed by atoms with Crippen LogP contribution in [0.15, 0.2) is 97.1 Å². The van der Waals surface area contributed by atoms with Gasteiger partial charge in [0.05, 0.1) is 12.3 Å². The summed E-state index contributed by atoms with van der Waals surface area (Å²) in [6.07, 6.45) is 0. The Morgan fingerprint density at radius 2 is 1.44 bits per heavy atom. The SMILES string of the molecule is CCOc1ccc(-c2c(C)c3cc(OCc4ccccc4)ccc3n2Cc2ccc(OCC(=O)O)cc2)cc1. The van der Waals surface area contributed by atoms with Crippen molar-refractivity contribution in [2.75, 3.05) is 13.2 Å². The van der Waals surface area contributed by atoms with Gasteiger partial charge in [0.2, 0.25) is 0 Å². The molecule has 198 valence electrons. The molecule has 0 amide bonds. The molecule has 0 aliphatic heterocycles. The molecule has 0 atom stereocenters. The van der Waals surface area contributed by atoms with Crippen molar-refractivity contribution in [3.05, 3.63) is 114 Å². The molecule has 6 nitrogen and oxygen atoms in total.